The van der Waals surface area contributed by atoms with Gasteiger partial charge in [-0.15, -0.1) is 11.3 Å². The van der Waals surface area contributed by atoms with E-state index in [9.17, 15) is 18.3 Å². The first-order valence-corrected chi connectivity index (χ1v) is 10.9. The van der Waals surface area contributed by atoms with Gasteiger partial charge in [0.05, 0.1) is 0 Å². The largest absolute Gasteiger partial charge is 0.480 e. The molecule has 0 radical (unpaired) electrons. The third-order valence-electron chi connectivity index (χ3n) is 5.31. The third-order valence-corrected chi connectivity index (χ3v) is 8.43. The number of nitrogens with one attached hydrogen (secondary N) is 1. The van der Waals surface area contributed by atoms with E-state index in [1.165, 1.54) is 6.07 Å². The number of aromatic nitrogens is 1. The normalized spacial score (nSPS) is 24.0. The second-order valence-electron chi connectivity index (χ2n) is 7.05. The molecule has 0 spiro atoms. The minimum Gasteiger partial charge on any atom is -0.480 e. The van der Waals surface area contributed by atoms with Gasteiger partial charge in [0.1, 0.15) is 9.75 Å². The predicted octanol–water partition coefficient (Wildman–Crippen LogP) is 3.27. The molecule has 0 aliphatic heterocycles. The number of rotatable bonds is 6. The average molecular weight is 415 g/mol. The topological polar surface area (TPSA) is 96.4 Å². The lowest BCUT2D eigenvalue weighted by Crippen LogP contribution is -2.47. The van der Waals surface area contributed by atoms with Gasteiger partial charge in [-0.1, -0.05) is 43.3 Å². The fraction of sp³-hybridized carbons (Fsp3) is 0.200. The van der Waals surface area contributed by atoms with Crippen LogP contribution >= 0.6 is 11.3 Å². The van der Waals surface area contributed by atoms with Crippen LogP contribution in [-0.4, -0.2) is 30.0 Å². The van der Waals surface area contributed by atoms with Gasteiger partial charge >= 0.3 is 5.97 Å². The Morgan fingerprint density at radius 3 is 2.54 bits per heavy atom. The third kappa shape index (κ3) is 2.94. The van der Waals surface area contributed by atoms with Crippen molar-refractivity contribution in [2.45, 2.75) is 28.5 Å². The van der Waals surface area contributed by atoms with E-state index in [4.69, 9.17) is 0 Å². The standard InChI is InChI=1S/C20H18N2O4S2/c1-19(15-7-3-2-4-8-15)13-20(19,18(23)24)22-28(25,26)17-10-9-16(27-17)14-6-5-11-21-12-14/h2-12,22H,13H2,1H3,(H,23,24)/t19-,20-/m1/s1. The van der Waals surface area contributed by atoms with Crippen molar-refractivity contribution < 1.29 is 18.3 Å². The van der Waals surface area contributed by atoms with Crippen LogP contribution in [0, 0.1) is 0 Å². The van der Waals surface area contributed by atoms with Crippen LogP contribution in [0.25, 0.3) is 10.4 Å². The Balaban J connectivity index is 1.66. The molecule has 0 bridgehead atoms. The molecule has 2 N–H and O–H groups in total. The van der Waals surface area contributed by atoms with Crippen LogP contribution < -0.4 is 4.72 Å². The molecule has 4 rings (SSSR count). The summed E-state index contributed by atoms with van der Waals surface area (Å²) >= 11 is 1.09. The number of hydrogen-bond donors (Lipinski definition) is 2. The van der Waals surface area contributed by atoms with Crippen molar-refractivity contribution >= 4 is 27.3 Å². The number of carbonyl (C=O) groups is 1. The molecule has 8 heteroatoms. The maximum absolute atomic E-state index is 13.0. The number of benzene rings is 1. The summed E-state index contributed by atoms with van der Waals surface area (Å²) in [6.07, 6.45) is 3.49. The molecular formula is C20H18N2O4S2. The van der Waals surface area contributed by atoms with Crippen LogP contribution in [0.5, 0.6) is 0 Å². The molecule has 2 aromatic heterocycles. The molecule has 2 atom stereocenters. The molecule has 1 fully saturated rings. The number of carboxylic acid groups (broad SMARTS) is 1. The predicted molar refractivity (Wildman–Crippen MR) is 107 cm³/mol. The van der Waals surface area contributed by atoms with Gasteiger partial charge in [0.25, 0.3) is 10.0 Å². The van der Waals surface area contributed by atoms with E-state index >= 15 is 0 Å². The number of sulfonamides is 1. The van der Waals surface area contributed by atoms with Crippen LogP contribution in [-0.2, 0) is 20.2 Å². The highest BCUT2D eigenvalue weighted by Gasteiger charge is 2.72. The molecular weight excluding hydrogens is 396 g/mol. The van der Waals surface area contributed by atoms with E-state index in [-0.39, 0.29) is 10.6 Å². The Morgan fingerprint density at radius 2 is 1.89 bits per heavy atom. The van der Waals surface area contributed by atoms with Crippen LogP contribution in [0.4, 0.5) is 0 Å². The zero-order chi connectivity index (χ0) is 20.0. The van der Waals surface area contributed by atoms with Gasteiger partial charge in [-0.05, 0) is 30.2 Å². The highest BCUT2D eigenvalue weighted by molar-refractivity contribution is 7.91. The number of aliphatic carboxylic acids is 1. The van der Waals surface area contributed by atoms with Crippen LogP contribution in [0.15, 0.2) is 71.2 Å². The van der Waals surface area contributed by atoms with Gasteiger partial charge in [-0.2, -0.15) is 4.72 Å². The van der Waals surface area contributed by atoms with Gasteiger partial charge in [0, 0.05) is 28.2 Å². The Labute approximate surface area is 166 Å². The first-order valence-electron chi connectivity index (χ1n) is 8.62. The molecule has 2 heterocycles. The molecule has 144 valence electrons. The van der Waals surface area contributed by atoms with E-state index in [1.54, 1.807) is 31.5 Å². The van der Waals surface area contributed by atoms with E-state index in [2.05, 4.69) is 9.71 Å². The van der Waals surface area contributed by atoms with Gasteiger partial charge in [-0.3, -0.25) is 9.78 Å². The van der Waals surface area contributed by atoms with Crippen LogP contribution in [0.3, 0.4) is 0 Å². The molecule has 3 aromatic rings. The van der Waals surface area contributed by atoms with Gasteiger partial charge in [0.2, 0.25) is 0 Å². The first-order chi connectivity index (χ1) is 13.3. The Morgan fingerprint density at radius 1 is 1.14 bits per heavy atom. The quantitative estimate of drug-likeness (QED) is 0.645. The Kier molecular flexibility index (Phi) is 4.37. The second kappa shape index (κ2) is 6.51. The fourth-order valence-corrected chi connectivity index (χ4v) is 6.30. The number of thiophene rings is 1. The number of pyridine rings is 1. The van der Waals surface area contributed by atoms with Crippen molar-refractivity contribution in [1.82, 2.24) is 9.71 Å². The van der Waals surface area contributed by atoms with Crippen molar-refractivity contribution in [2.24, 2.45) is 0 Å². The average Bonchev–Trinajstić information content (AvgIpc) is 3.06. The van der Waals surface area contributed by atoms with Crippen molar-refractivity contribution in [1.29, 1.82) is 0 Å². The molecule has 0 amide bonds. The number of nitrogens with zero attached hydrogens (tertiary/aromatic N) is 1. The zero-order valence-electron chi connectivity index (χ0n) is 15.0. The van der Waals surface area contributed by atoms with Crippen LogP contribution in [0.2, 0.25) is 0 Å². The van der Waals surface area contributed by atoms with Crippen molar-refractivity contribution in [3.8, 4) is 10.4 Å². The van der Waals surface area contributed by atoms with Crippen LogP contribution in [0.1, 0.15) is 18.9 Å². The monoisotopic (exact) mass is 414 g/mol. The SMILES string of the molecule is C[C@]1(c2ccccc2)C[C@@]1(NS(=O)(=O)c1ccc(-c2cccnc2)s1)C(=O)O. The summed E-state index contributed by atoms with van der Waals surface area (Å²) in [5.41, 5.74) is -0.771. The molecule has 0 unspecified atom stereocenters. The molecule has 1 aromatic carbocycles. The molecule has 1 saturated carbocycles. The minimum absolute atomic E-state index is 0.0780. The summed E-state index contributed by atoms with van der Waals surface area (Å²) in [7, 11) is -4.00. The maximum atomic E-state index is 13.0. The van der Waals surface area contributed by atoms with Crippen molar-refractivity contribution in [3.63, 3.8) is 0 Å². The van der Waals surface area contributed by atoms with E-state index in [0.717, 1.165) is 27.3 Å². The van der Waals surface area contributed by atoms with E-state index in [1.807, 2.05) is 36.4 Å². The zero-order valence-corrected chi connectivity index (χ0v) is 16.6. The molecule has 28 heavy (non-hydrogen) atoms. The maximum Gasteiger partial charge on any atom is 0.325 e. The lowest BCUT2D eigenvalue weighted by Gasteiger charge is -2.20. The Bertz CT molecular complexity index is 1130. The second-order valence-corrected chi connectivity index (χ2v) is 10.0. The molecule has 1 aliphatic carbocycles. The lowest BCUT2D eigenvalue weighted by molar-refractivity contribution is -0.140. The summed E-state index contributed by atoms with van der Waals surface area (Å²) in [5, 5.41) is 9.86. The van der Waals surface area contributed by atoms with Crippen molar-refractivity contribution in [3.05, 3.63) is 72.6 Å². The molecule has 6 nitrogen and oxygen atoms in total. The highest BCUT2D eigenvalue weighted by atomic mass is 32.2. The Hall–Kier alpha value is -2.55. The minimum atomic E-state index is -4.00. The highest BCUT2D eigenvalue weighted by Crippen LogP contribution is 2.58. The molecule has 1 aliphatic rings. The first kappa shape index (κ1) is 18.8. The van der Waals surface area contributed by atoms with E-state index in [0.29, 0.717) is 0 Å². The van der Waals surface area contributed by atoms with Gasteiger partial charge in [0.15, 0.2) is 0 Å². The summed E-state index contributed by atoms with van der Waals surface area (Å²) in [5.74, 6) is -1.17. The summed E-state index contributed by atoms with van der Waals surface area (Å²) in [6, 6.07) is 15.9. The van der Waals surface area contributed by atoms with Gasteiger partial charge < -0.3 is 5.11 Å². The molecule has 0 saturated heterocycles. The fourth-order valence-electron chi connectivity index (χ4n) is 3.55. The summed E-state index contributed by atoms with van der Waals surface area (Å²) in [6.45, 7) is 1.77. The number of carboxylic acids is 1. The lowest BCUT2D eigenvalue weighted by atomic mass is 9.93. The number of hydrogen-bond acceptors (Lipinski definition) is 5. The smallest absolute Gasteiger partial charge is 0.325 e. The summed E-state index contributed by atoms with van der Waals surface area (Å²) in [4.78, 5) is 16.9. The van der Waals surface area contributed by atoms with E-state index < -0.39 is 26.9 Å². The van der Waals surface area contributed by atoms with Crippen molar-refractivity contribution in [2.75, 3.05) is 0 Å². The summed E-state index contributed by atoms with van der Waals surface area (Å²) < 4.78 is 28.5. The van der Waals surface area contributed by atoms with Gasteiger partial charge in [-0.25, -0.2) is 8.42 Å².